The van der Waals surface area contributed by atoms with Crippen LogP contribution in [0.3, 0.4) is 0 Å². The highest BCUT2D eigenvalue weighted by Gasteiger charge is 2.06. The third kappa shape index (κ3) is 4.83. The summed E-state index contributed by atoms with van der Waals surface area (Å²) in [5.41, 5.74) is 3.32. The van der Waals surface area contributed by atoms with Gasteiger partial charge in [-0.2, -0.15) is 0 Å². The van der Waals surface area contributed by atoms with Gasteiger partial charge >= 0.3 is 0 Å². The number of aromatic nitrogens is 1. The second-order valence-electron chi connectivity index (χ2n) is 5.53. The summed E-state index contributed by atoms with van der Waals surface area (Å²) in [6.45, 7) is 9.11. The summed E-state index contributed by atoms with van der Waals surface area (Å²) < 4.78 is 6.84. The second kappa shape index (κ2) is 7.05. The molecular formula is C17H21BrN2O. The molecule has 0 amide bonds. The summed E-state index contributed by atoms with van der Waals surface area (Å²) >= 11 is 3.53. The minimum Gasteiger partial charge on any atom is -0.438 e. The van der Waals surface area contributed by atoms with Crippen LogP contribution in [0.2, 0.25) is 0 Å². The van der Waals surface area contributed by atoms with Gasteiger partial charge in [0.15, 0.2) is 0 Å². The lowest BCUT2D eigenvalue weighted by Crippen LogP contribution is -2.21. The molecule has 0 spiro atoms. The van der Waals surface area contributed by atoms with Crippen molar-refractivity contribution in [3.63, 3.8) is 0 Å². The molecule has 2 rings (SSSR count). The third-order valence-corrected chi connectivity index (χ3v) is 3.63. The molecule has 21 heavy (non-hydrogen) atoms. The molecule has 0 radical (unpaired) electrons. The van der Waals surface area contributed by atoms with Crippen molar-refractivity contribution < 1.29 is 4.74 Å². The fraction of sp³-hybridized carbons (Fsp3) is 0.353. The number of halogens is 1. The van der Waals surface area contributed by atoms with Gasteiger partial charge in [0.2, 0.25) is 5.88 Å². The maximum atomic E-state index is 5.91. The zero-order valence-electron chi connectivity index (χ0n) is 12.9. The average Bonchev–Trinajstić information content (AvgIpc) is 2.39. The smallest absolute Gasteiger partial charge is 0.219 e. The Labute approximate surface area is 134 Å². The summed E-state index contributed by atoms with van der Waals surface area (Å²) in [5, 5.41) is 3.41. The van der Waals surface area contributed by atoms with Crippen LogP contribution in [0, 0.1) is 13.8 Å². The predicted molar refractivity (Wildman–Crippen MR) is 89.9 cm³/mol. The van der Waals surface area contributed by atoms with E-state index in [1.165, 1.54) is 11.1 Å². The largest absolute Gasteiger partial charge is 0.438 e. The van der Waals surface area contributed by atoms with Crippen molar-refractivity contribution in [3.05, 3.63) is 51.6 Å². The van der Waals surface area contributed by atoms with Gasteiger partial charge in [0.05, 0.1) is 4.47 Å². The van der Waals surface area contributed by atoms with Crippen molar-refractivity contribution in [1.29, 1.82) is 0 Å². The monoisotopic (exact) mass is 348 g/mol. The SMILES string of the molecule is Cc1ccc(Oc2cc(CNC(C)C)cc(C)n2)c(Br)c1. The number of pyridine rings is 1. The second-order valence-corrected chi connectivity index (χ2v) is 6.38. The van der Waals surface area contributed by atoms with Crippen molar-refractivity contribution in [1.82, 2.24) is 10.3 Å². The van der Waals surface area contributed by atoms with Crippen LogP contribution in [-0.4, -0.2) is 11.0 Å². The molecule has 1 aromatic carbocycles. The van der Waals surface area contributed by atoms with Gasteiger partial charge in [0, 0.05) is 24.3 Å². The molecule has 0 atom stereocenters. The molecule has 112 valence electrons. The zero-order chi connectivity index (χ0) is 15.4. The molecule has 3 nitrogen and oxygen atoms in total. The van der Waals surface area contributed by atoms with Gasteiger partial charge < -0.3 is 10.1 Å². The Morgan fingerprint density at radius 2 is 1.95 bits per heavy atom. The van der Waals surface area contributed by atoms with Crippen molar-refractivity contribution in [2.45, 2.75) is 40.3 Å². The number of hydrogen-bond acceptors (Lipinski definition) is 3. The molecule has 0 fully saturated rings. The maximum absolute atomic E-state index is 5.91. The topological polar surface area (TPSA) is 34.1 Å². The van der Waals surface area contributed by atoms with Crippen LogP contribution in [-0.2, 0) is 6.54 Å². The molecule has 0 unspecified atom stereocenters. The molecule has 0 saturated heterocycles. The predicted octanol–water partition coefficient (Wildman–Crippen LogP) is 4.75. The molecule has 4 heteroatoms. The van der Waals surface area contributed by atoms with Crippen LogP contribution in [0.1, 0.15) is 30.7 Å². The Bertz CT molecular complexity index is 626. The van der Waals surface area contributed by atoms with E-state index in [4.69, 9.17) is 4.74 Å². The van der Waals surface area contributed by atoms with Gasteiger partial charge in [-0.25, -0.2) is 4.98 Å². The van der Waals surface area contributed by atoms with E-state index in [1.807, 2.05) is 31.2 Å². The van der Waals surface area contributed by atoms with Gasteiger partial charge in [-0.15, -0.1) is 0 Å². The van der Waals surface area contributed by atoms with Crippen LogP contribution in [0.15, 0.2) is 34.8 Å². The quantitative estimate of drug-likeness (QED) is 0.846. The van der Waals surface area contributed by atoms with E-state index in [1.54, 1.807) is 0 Å². The minimum absolute atomic E-state index is 0.453. The van der Waals surface area contributed by atoms with E-state index in [0.29, 0.717) is 11.9 Å². The number of ether oxygens (including phenoxy) is 1. The number of nitrogens with zero attached hydrogens (tertiary/aromatic N) is 1. The molecule has 0 aliphatic rings. The number of aryl methyl sites for hydroxylation is 2. The molecule has 1 aromatic heterocycles. The van der Waals surface area contributed by atoms with Crippen LogP contribution in [0.4, 0.5) is 0 Å². The lowest BCUT2D eigenvalue weighted by atomic mass is 10.2. The van der Waals surface area contributed by atoms with Gasteiger partial charge in [-0.1, -0.05) is 19.9 Å². The fourth-order valence-electron chi connectivity index (χ4n) is 1.98. The van der Waals surface area contributed by atoms with Gasteiger partial charge in [-0.05, 0) is 59.1 Å². The fourth-order valence-corrected chi connectivity index (χ4v) is 2.56. The van der Waals surface area contributed by atoms with Crippen LogP contribution < -0.4 is 10.1 Å². The first-order chi connectivity index (χ1) is 9.94. The Morgan fingerprint density at radius 1 is 1.19 bits per heavy atom. The molecule has 0 aliphatic carbocycles. The highest BCUT2D eigenvalue weighted by atomic mass is 79.9. The molecule has 0 saturated carbocycles. The first kappa shape index (κ1) is 16.0. The van der Waals surface area contributed by atoms with Gasteiger partial charge in [-0.3, -0.25) is 0 Å². The van der Waals surface area contributed by atoms with Crippen LogP contribution >= 0.6 is 15.9 Å². The minimum atomic E-state index is 0.453. The van der Waals surface area contributed by atoms with E-state index >= 15 is 0 Å². The lowest BCUT2D eigenvalue weighted by Gasteiger charge is -2.12. The van der Waals surface area contributed by atoms with Crippen molar-refractivity contribution in [2.75, 3.05) is 0 Å². The van der Waals surface area contributed by atoms with E-state index in [2.05, 4.69) is 53.1 Å². The summed E-state index contributed by atoms with van der Waals surface area (Å²) in [4.78, 5) is 4.45. The van der Waals surface area contributed by atoms with Crippen molar-refractivity contribution in [3.8, 4) is 11.6 Å². The third-order valence-electron chi connectivity index (χ3n) is 3.01. The van der Waals surface area contributed by atoms with E-state index in [-0.39, 0.29) is 0 Å². The number of rotatable bonds is 5. The Balaban J connectivity index is 2.19. The lowest BCUT2D eigenvalue weighted by molar-refractivity contribution is 0.457. The molecule has 1 N–H and O–H groups in total. The highest BCUT2D eigenvalue weighted by Crippen LogP contribution is 2.30. The van der Waals surface area contributed by atoms with Crippen LogP contribution in [0.25, 0.3) is 0 Å². The molecule has 0 bridgehead atoms. The normalized spacial score (nSPS) is 11.0. The van der Waals surface area contributed by atoms with E-state index in [0.717, 1.165) is 22.5 Å². The summed E-state index contributed by atoms with van der Waals surface area (Å²) in [6, 6.07) is 10.5. The number of benzene rings is 1. The standard InChI is InChI=1S/C17H21BrN2O/c1-11(2)19-10-14-8-13(4)20-17(9-14)21-16-6-5-12(3)7-15(16)18/h5-9,11,19H,10H2,1-4H3. The van der Waals surface area contributed by atoms with E-state index in [9.17, 15) is 0 Å². The molecule has 1 heterocycles. The number of hydrogen-bond donors (Lipinski definition) is 1. The van der Waals surface area contributed by atoms with E-state index < -0.39 is 0 Å². The molecular weight excluding hydrogens is 328 g/mol. The van der Waals surface area contributed by atoms with Gasteiger partial charge in [0.25, 0.3) is 0 Å². The average molecular weight is 349 g/mol. The Hall–Kier alpha value is -1.39. The Kier molecular flexibility index (Phi) is 5.37. The van der Waals surface area contributed by atoms with Crippen LogP contribution in [0.5, 0.6) is 11.6 Å². The maximum Gasteiger partial charge on any atom is 0.219 e. The van der Waals surface area contributed by atoms with Crippen molar-refractivity contribution in [2.24, 2.45) is 0 Å². The summed E-state index contributed by atoms with van der Waals surface area (Å²) in [6.07, 6.45) is 0. The summed E-state index contributed by atoms with van der Waals surface area (Å²) in [7, 11) is 0. The zero-order valence-corrected chi connectivity index (χ0v) is 14.5. The first-order valence-corrected chi connectivity index (χ1v) is 7.88. The Morgan fingerprint density at radius 3 is 2.62 bits per heavy atom. The van der Waals surface area contributed by atoms with Gasteiger partial charge in [0.1, 0.15) is 5.75 Å². The molecule has 2 aromatic rings. The molecule has 0 aliphatic heterocycles. The first-order valence-electron chi connectivity index (χ1n) is 7.09. The summed E-state index contributed by atoms with van der Waals surface area (Å²) in [5.74, 6) is 1.40. The number of nitrogens with one attached hydrogen (secondary N) is 1. The highest BCUT2D eigenvalue weighted by molar-refractivity contribution is 9.10. The van der Waals surface area contributed by atoms with Crippen molar-refractivity contribution >= 4 is 15.9 Å².